The fraction of sp³-hybridized carbons (Fsp3) is 0.562. The molecule has 0 fully saturated rings. The van der Waals surface area contributed by atoms with E-state index in [1.165, 1.54) is 0 Å². The average molecular weight is 679 g/mol. The standard InChI is InChI=1S/C32H46N4O10S/c1-31(2,3)45-26(39)16-23(12-13-47(7,43)44)35-25(38)18-33-30(42)28(22-14-20-10-8-9-11-21(20)15-22)36-29(41)24(34-19-37)17-27(40)46-32(4,5)6/h8-13,19,22-24,28H,14-18H2,1-7H3,(H,33,42)(H,34,37)(H,35,38)(H,36,41)/b13-12+/t23?,24-,28?/m0/s1. The number of nitrogens with one attached hydrogen (secondary N) is 4. The molecule has 3 atom stereocenters. The van der Waals surface area contributed by atoms with Gasteiger partial charge in [-0.2, -0.15) is 0 Å². The van der Waals surface area contributed by atoms with Crippen LogP contribution < -0.4 is 21.3 Å². The number of sulfone groups is 1. The molecule has 0 aromatic heterocycles. The van der Waals surface area contributed by atoms with E-state index in [9.17, 15) is 37.2 Å². The molecule has 0 spiro atoms. The largest absolute Gasteiger partial charge is 0.460 e. The van der Waals surface area contributed by atoms with E-state index in [-0.39, 0.29) is 12.8 Å². The molecule has 260 valence electrons. The minimum Gasteiger partial charge on any atom is -0.460 e. The maximum absolute atomic E-state index is 13.5. The third kappa shape index (κ3) is 14.8. The summed E-state index contributed by atoms with van der Waals surface area (Å²) in [6.45, 7) is 9.37. The van der Waals surface area contributed by atoms with Gasteiger partial charge < -0.3 is 30.7 Å². The minimum atomic E-state index is -3.58. The zero-order chi connectivity index (χ0) is 35.6. The second kappa shape index (κ2) is 16.5. The van der Waals surface area contributed by atoms with Crippen LogP contribution in [0.4, 0.5) is 0 Å². The lowest BCUT2D eigenvalue weighted by atomic mass is 9.95. The van der Waals surface area contributed by atoms with Gasteiger partial charge in [-0.3, -0.25) is 28.8 Å². The Morgan fingerprint density at radius 3 is 1.89 bits per heavy atom. The van der Waals surface area contributed by atoms with Gasteiger partial charge in [0.2, 0.25) is 24.1 Å². The molecule has 2 rings (SSSR count). The lowest BCUT2D eigenvalue weighted by Gasteiger charge is -2.27. The topological polar surface area (TPSA) is 203 Å². The molecule has 0 heterocycles. The maximum Gasteiger partial charge on any atom is 0.308 e. The second-order valence-electron chi connectivity index (χ2n) is 13.4. The summed E-state index contributed by atoms with van der Waals surface area (Å²) in [7, 11) is -3.58. The number of hydrogen-bond donors (Lipinski definition) is 4. The Balaban J connectivity index is 2.20. The van der Waals surface area contributed by atoms with Gasteiger partial charge in [-0.15, -0.1) is 0 Å². The number of carbonyl (C=O) groups is 6. The fourth-order valence-corrected chi connectivity index (χ4v) is 5.32. The Morgan fingerprint density at radius 1 is 0.872 bits per heavy atom. The van der Waals surface area contributed by atoms with E-state index in [4.69, 9.17) is 9.47 Å². The maximum atomic E-state index is 13.5. The van der Waals surface area contributed by atoms with Gasteiger partial charge in [-0.1, -0.05) is 30.3 Å². The van der Waals surface area contributed by atoms with Crippen molar-refractivity contribution in [1.29, 1.82) is 0 Å². The summed E-state index contributed by atoms with van der Waals surface area (Å²) in [6.07, 6.45) is 2.39. The van der Waals surface area contributed by atoms with E-state index in [1.807, 2.05) is 24.3 Å². The minimum absolute atomic E-state index is 0.269. The molecule has 4 amide bonds. The molecule has 14 nitrogen and oxygen atoms in total. The van der Waals surface area contributed by atoms with E-state index < -0.39 is 87.7 Å². The summed E-state index contributed by atoms with van der Waals surface area (Å²) in [5.41, 5.74) is 0.333. The molecule has 1 aliphatic carbocycles. The van der Waals surface area contributed by atoms with Gasteiger partial charge in [0.15, 0.2) is 9.84 Å². The SMILES string of the molecule is CC(C)(C)OC(=O)CC(/C=C/S(C)(=O)=O)NC(=O)CNC(=O)C(NC(=O)[C@H](CC(=O)OC(C)(C)C)NC=O)C1Cc2ccccc2C1. The molecule has 2 unspecified atom stereocenters. The van der Waals surface area contributed by atoms with Crippen molar-refractivity contribution in [2.45, 2.75) is 96.6 Å². The van der Waals surface area contributed by atoms with Crippen molar-refractivity contribution >= 4 is 45.9 Å². The first-order valence-corrected chi connectivity index (χ1v) is 17.1. The highest BCUT2D eigenvalue weighted by Gasteiger charge is 2.36. The molecule has 0 bridgehead atoms. The van der Waals surface area contributed by atoms with Gasteiger partial charge in [0.25, 0.3) is 0 Å². The van der Waals surface area contributed by atoms with Crippen molar-refractivity contribution in [3.63, 3.8) is 0 Å². The first kappa shape index (κ1) is 38.9. The van der Waals surface area contributed by atoms with Crippen molar-refractivity contribution < 1.29 is 46.7 Å². The van der Waals surface area contributed by atoms with Gasteiger partial charge in [0.1, 0.15) is 23.3 Å². The molecule has 47 heavy (non-hydrogen) atoms. The van der Waals surface area contributed by atoms with Crippen LogP contribution in [-0.2, 0) is 60.9 Å². The molecule has 1 aromatic rings. The number of fused-ring (bicyclic) bond motifs is 1. The van der Waals surface area contributed by atoms with Crippen LogP contribution in [-0.4, -0.2) is 86.6 Å². The molecule has 1 aliphatic rings. The quantitative estimate of drug-likeness (QED) is 0.150. The average Bonchev–Trinajstić information content (AvgIpc) is 3.34. The van der Waals surface area contributed by atoms with Crippen LogP contribution >= 0.6 is 0 Å². The normalized spacial score (nSPS) is 15.5. The zero-order valence-electron chi connectivity index (χ0n) is 27.9. The van der Waals surface area contributed by atoms with Gasteiger partial charge in [0.05, 0.1) is 25.4 Å². The summed E-state index contributed by atoms with van der Waals surface area (Å²) >= 11 is 0. The highest BCUT2D eigenvalue weighted by molar-refractivity contribution is 7.93. The Labute approximate surface area is 275 Å². The van der Waals surface area contributed by atoms with Crippen LogP contribution in [0.25, 0.3) is 0 Å². The van der Waals surface area contributed by atoms with Gasteiger partial charge in [-0.25, -0.2) is 8.42 Å². The van der Waals surface area contributed by atoms with E-state index >= 15 is 0 Å². The number of ether oxygens (including phenoxy) is 2. The first-order valence-electron chi connectivity index (χ1n) is 15.1. The molecule has 0 radical (unpaired) electrons. The lowest BCUT2D eigenvalue weighted by Crippen LogP contribution is -2.57. The number of benzene rings is 1. The van der Waals surface area contributed by atoms with E-state index in [2.05, 4.69) is 21.3 Å². The third-order valence-electron chi connectivity index (χ3n) is 6.64. The molecule has 0 aliphatic heterocycles. The van der Waals surface area contributed by atoms with Crippen molar-refractivity contribution in [3.8, 4) is 0 Å². The van der Waals surface area contributed by atoms with Gasteiger partial charge >= 0.3 is 11.9 Å². The number of esters is 2. The Hall–Kier alpha value is -4.27. The molecule has 4 N–H and O–H groups in total. The predicted molar refractivity (Wildman–Crippen MR) is 172 cm³/mol. The molecular formula is C32H46N4O10S. The van der Waals surface area contributed by atoms with Crippen LogP contribution in [0.5, 0.6) is 0 Å². The second-order valence-corrected chi connectivity index (χ2v) is 15.3. The summed E-state index contributed by atoms with van der Waals surface area (Å²) in [4.78, 5) is 75.8. The molecule has 0 saturated carbocycles. The van der Waals surface area contributed by atoms with Crippen molar-refractivity contribution in [3.05, 3.63) is 46.9 Å². The molecule has 1 aromatic carbocycles. The van der Waals surface area contributed by atoms with Crippen LogP contribution in [0.1, 0.15) is 65.5 Å². The third-order valence-corrected chi connectivity index (χ3v) is 7.30. The van der Waals surface area contributed by atoms with Crippen LogP contribution in [0.2, 0.25) is 0 Å². The monoisotopic (exact) mass is 678 g/mol. The summed E-state index contributed by atoms with van der Waals surface area (Å²) in [5.74, 6) is -4.08. The number of carbonyl (C=O) groups excluding carboxylic acids is 6. The van der Waals surface area contributed by atoms with Crippen LogP contribution in [0, 0.1) is 5.92 Å². The zero-order valence-corrected chi connectivity index (χ0v) is 28.7. The van der Waals surface area contributed by atoms with Crippen molar-refractivity contribution in [2.24, 2.45) is 5.92 Å². The molecule has 15 heteroatoms. The highest BCUT2D eigenvalue weighted by atomic mass is 32.2. The Bertz CT molecular complexity index is 1440. The number of rotatable bonds is 15. The number of amides is 4. The Morgan fingerprint density at radius 2 is 1.40 bits per heavy atom. The lowest BCUT2D eigenvalue weighted by molar-refractivity contribution is -0.157. The molecule has 0 saturated heterocycles. The summed E-state index contributed by atoms with van der Waals surface area (Å²) in [5, 5.41) is 10.8. The van der Waals surface area contributed by atoms with Gasteiger partial charge in [-0.05, 0) is 71.4 Å². The van der Waals surface area contributed by atoms with Crippen molar-refractivity contribution in [1.82, 2.24) is 21.3 Å². The first-order chi connectivity index (χ1) is 21.7. The Kier molecular flexibility index (Phi) is 13.7. The fourth-order valence-electron chi connectivity index (χ4n) is 4.84. The van der Waals surface area contributed by atoms with Crippen LogP contribution in [0.3, 0.4) is 0 Å². The summed E-state index contributed by atoms with van der Waals surface area (Å²) in [6, 6.07) is 3.97. The predicted octanol–water partition coefficient (Wildman–Crippen LogP) is 0.624. The van der Waals surface area contributed by atoms with Crippen molar-refractivity contribution in [2.75, 3.05) is 12.8 Å². The molecular weight excluding hydrogens is 632 g/mol. The smallest absolute Gasteiger partial charge is 0.308 e. The highest BCUT2D eigenvalue weighted by Crippen LogP contribution is 2.29. The van der Waals surface area contributed by atoms with E-state index in [1.54, 1.807) is 41.5 Å². The summed E-state index contributed by atoms with van der Waals surface area (Å²) < 4.78 is 33.9. The van der Waals surface area contributed by atoms with Crippen LogP contribution in [0.15, 0.2) is 35.7 Å². The number of hydrogen-bond acceptors (Lipinski definition) is 10. The van der Waals surface area contributed by atoms with E-state index in [0.717, 1.165) is 28.9 Å². The van der Waals surface area contributed by atoms with E-state index in [0.29, 0.717) is 12.8 Å². The van der Waals surface area contributed by atoms with Gasteiger partial charge in [0, 0.05) is 11.7 Å².